The molecule has 0 amide bonds. The summed E-state index contributed by atoms with van der Waals surface area (Å²) in [7, 11) is -3.82. The average Bonchev–Trinajstić information content (AvgIpc) is 2.82. The molecule has 0 saturated heterocycles. The van der Waals surface area contributed by atoms with Crippen molar-refractivity contribution in [3.8, 4) is 0 Å². The van der Waals surface area contributed by atoms with Gasteiger partial charge in [0.25, 0.3) is 10.0 Å². The predicted molar refractivity (Wildman–Crippen MR) is 79.5 cm³/mol. The molecule has 0 fully saturated rings. The summed E-state index contributed by atoms with van der Waals surface area (Å²) in [6.45, 7) is -0.412. The third-order valence-corrected chi connectivity index (χ3v) is 4.80. The van der Waals surface area contributed by atoms with Crippen molar-refractivity contribution in [3.05, 3.63) is 38.6 Å². The van der Waals surface area contributed by atoms with Crippen LogP contribution in [0.3, 0.4) is 0 Å². The summed E-state index contributed by atoms with van der Waals surface area (Å²) < 4.78 is 27.4. The van der Waals surface area contributed by atoms with Crippen molar-refractivity contribution in [2.24, 2.45) is 0 Å². The Hall–Kier alpha value is -0.840. The molecule has 0 saturated carbocycles. The summed E-state index contributed by atoms with van der Waals surface area (Å²) >= 11 is 7.78. The van der Waals surface area contributed by atoms with Gasteiger partial charge in [0, 0.05) is 14.2 Å². The minimum absolute atomic E-state index is 0.152. The van der Waals surface area contributed by atoms with Gasteiger partial charge in [-0.25, -0.2) is 0 Å². The lowest BCUT2D eigenvalue weighted by molar-refractivity contribution is 0.278. The van der Waals surface area contributed by atoms with Crippen LogP contribution in [0.5, 0.6) is 0 Å². The van der Waals surface area contributed by atoms with E-state index in [2.05, 4.69) is 14.9 Å². The zero-order valence-electron chi connectivity index (χ0n) is 9.39. The summed E-state index contributed by atoms with van der Waals surface area (Å²) in [5.41, 5.74) is 0.611. The Morgan fingerprint density at radius 3 is 2.84 bits per heavy atom. The summed E-state index contributed by atoms with van der Waals surface area (Å²) in [4.78, 5) is 0. The summed E-state index contributed by atoms with van der Waals surface area (Å²) in [5, 5.41) is 15.4. The maximum absolute atomic E-state index is 12.1. The van der Waals surface area contributed by atoms with E-state index in [0.29, 0.717) is 14.3 Å². The molecule has 0 aliphatic rings. The highest BCUT2D eigenvalue weighted by Gasteiger charge is 2.21. The Bertz CT molecular complexity index is 702. The van der Waals surface area contributed by atoms with Crippen LogP contribution in [0.1, 0.15) is 5.56 Å². The van der Waals surface area contributed by atoms with Crippen molar-refractivity contribution < 1.29 is 13.5 Å². The molecule has 6 nitrogen and oxygen atoms in total. The van der Waals surface area contributed by atoms with Gasteiger partial charge in [-0.05, 0) is 40.8 Å². The van der Waals surface area contributed by atoms with Gasteiger partial charge >= 0.3 is 0 Å². The fraction of sp³-hybridized carbons (Fsp3) is 0.100. The fourth-order valence-corrected chi connectivity index (χ4v) is 3.81. The molecule has 9 heteroatoms. The van der Waals surface area contributed by atoms with Crippen LogP contribution in [0.25, 0.3) is 0 Å². The van der Waals surface area contributed by atoms with Crippen LogP contribution in [-0.2, 0) is 16.6 Å². The minimum Gasteiger partial charge on any atom is -0.392 e. The zero-order valence-corrected chi connectivity index (χ0v) is 13.1. The Morgan fingerprint density at radius 1 is 1.47 bits per heavy atom. The van der Waals surface area contributed by atoms with Gasteiger partial charge in [-0.1, -0.05) is 11.6 Å². The summed E-state index contributed by atoms with van der Waals surface area (Å²) in [6, 6.07) is 4.79. The topological polar surface area (TPSA) is 95.1 Å². The maximum Gasteiger partial charge on any atom is 0.279 e. The van der Waals surface area contributed by atoms with Gasteiger partial charge in [0.1, 0.15) is 0 Å². The summed E-state index contributed by atoms with van der Waals surface area (Å²) in [6.07, 6.45) is 1.27. The van der Waals surface area contributed by atoms with Gasteiger partial charge in [0.2, 0.25) is 0 Å². The predicted octanol–water partition coefficient (Wildman–Crippen LogP) is 1.96. The number of aromatic nitrogens is 2. The molecule has 0 bridgehead atoms. The van der Waals surface area contributed by atoms with Crippen LogP contribution in [0.15, 0.2) is 29.4 Å². The SMILES string of the molecule is O=S(=O)(Nc1ccc(Cl)cc1I)c1[nH]ncc1CO. The van der Waals surface area contributed by atoms with Crippen molar-refractivity contribution >= 4 is 49.9 Å². The number of benzene rings is 1. The number of rotatable bonds is 4. The second-order valence-corrected chi connectivity index (χ2v) is 6.83. The number of sulfonamides is 1. The lowest BCUT2D eigenvalue weighted by atomic mass is 10.3. The monoisotopic (exact) mass is 413 g/mol. The van der Waals surface area contributed by atoms with E-state index in [4.69, 9.17) is 16.7 Å². The third-order valence-electron chi connectivity index (χ3n) is 2.29. The second-order valence-electron chi connectivity index (χ2n) is 3.61. The average molecular weight is 414 g/mol. The van der Waals surface area contributed by atoms with Gasteiger partial charge in [-0.15, -0.1) is 0 Å². The highest BCUT2D eigenvalue weighted by Crippen LogP contribution is 2.25. The van der Waals surface area contributed by atoms with E-state index in [0.717, 1.165) is 0 Å². The molecular weight excluding hydrogens is 405 g/mol. The molecule has 0 spiro atoms. The van der Waals surface area contributed by atoms with Crippen LogP contribution >= 0.6 is 34.2 Å². The number of hydrogen-bond donors (Lipinski definition) is 3. The fourth-order valence-electron chi connectivity index (χ4n) is 1.41. The third kappa shape index (κ3) is 3.19. The number of halogens is 2. The Labute approximate surface area is 128 Å². The van der Waals surface area contributed by atoms with Gasteiger partial charge in [0.15, 0.2) is 5.03 Å². The van der Waals surface area contributed by atoms with E-state index in [1.54, 1.807) is 18.2 Å². The smallest absolute Gasteiger partial charge is 0.279 e. The highest BCUT2D eigenvalue weighted by molar-refractivity contribution is 14.1. The molecule has 19 heavy (non-hydrogen) atoms. The standard InChI is InChI=1S/C10H9ClIN3O3S/c11-7-1-2-9(8(12)3-7)15-19(17,18)10-6(5-16)4-13-14-10/h1-4,15-16H,5H2,(H,13,14). The summed E-state index contributed by atoms with van der Waals surface area (Å²) in [5.74, 6) is 0. The van der Waals surface area contributed by atoms with Crippen LogP contribution in [0, 0.1) is 3.57 Å². The first kappa shape index (κ1) is 14.6. The Balaban J connectivity index is 2.37. The Kier molecular flexibility index (Phi) is 4.33. The van der Waals surface area contributed by atoms with E-state index in [9.17, 15) is 8.42 Å². The first-order chi connectivity index (χ1) is 8.94. The van der Waals surface area contributed by atoms with Gasteiger partial charge in [-0.2, -0.15) is 13.5 Å². The molecule has 1 aromatic heterocycles. The van der Waals surface area contributed by atoms with Crippen molar-refractivity contribution in [2.75, 3.05) is 4.72 Å². The quantitative estimate of drug-likeness (QED) is 0.668. The molecule has 0 aliphatic carbocycles. The lowest BCUT2D eigenvalue weighted by Crippen LogP contribution is -2.16. The molecular formula is C10H9ClIN3O3S. The first-order valence-electron chi connectivity index (χ1n) is 5.05. The maximum atomic E-state index is 12.1. The van der Waals surface area contributed by atoms with Crippen molar-refractivity contribution in [3.63, 3.8) is 0 Å². The molecule has 1 aromatic carbocycles. The molecule has 102 valence electrons. The van der Waals surface area contributed by atoms with E-state index in [1.807, 2.05) is 22.6 Å². The number of aliphatic hydroxyl groups excluding tert-OH is 1. The number of nitrogens with zero attached hydrogens (tertiary/aromatic N) is 1. The molecule has 0 aliphatic heterocycles. The number of aliphatic hydroxyl groups is 1. The largest absolute Gasteiger partial charge is 0.392 e. The first-order valence-corrected chi connectivity index (χ1v) is 7.99. The number of H-pyrrole nitrogens is 1. The number of aromatic amines is 1. The normalized spacial score (nSPS) is 11.5. The van der Waals surface area contributed by atoms with Crippen molar-refractivity contribution in [1.29, 1.82) is 0 Å². The molecule has 0 radical (unpaired) electrons. The molecule has 1 heterocycles. The van der Waals surface area contributed by atoms with E-state index >= 15 is 0 Å². The van der Waals surface area contributed by atoms with E-state index in [1.165, 1.54) is 6.20 Å². The van der Waals surface area contributed by atoms with E-state index < -0.39 is 16.6 Å². The number of nitrogens with one attached hydrogen (secondary N) is 2. The van der Waals surface area contributed by atoms with Crippen LogP contribution < -0.4 is 4.72 Å². The van der Waals surface area contributed by atoms with Crippen LogP contribution in [-0.4, -0.2) is 23.7 Å². The van der Waals surface area contributed by atoms with Crippen LogP contribution in [0.4, 0.5) is 5.69 Å². The van der Waals surface area contributed by atoms with Gasteiger partial charge in [0.05, 0.1) is 18.5 Å². The van der Waals surface area contributed by atoms with Crippen LogP contribution in [0.2, 0.25) is 5.02 Å². The van der Waals surface area contributed by atoms with Gasteiger partial charge in [-0.3, -0.25) is 9.82 Å². The molecule has 2 aromatic rings. The molecule has 2 rings (SSSR count). The lowest BCUT2D eigenvalue weighted by Gasteiger charge is -2.09. The zero-order chi connectivity index (χ0) is 14.0. The van der Waals surface area contributed by atoms with Gasteiger partial charge < -0.3 is 5.11 Å². The minimum atomic E-state index is -3.82. The molecule has 0 unspecified atom stereocenters. The Morgan fingerprint density at radius 2 is 2.21 bits per heavy atom. The highest BCUT2D eigenvalue weighted by atomic mass is 127. The van der Waals surface area contributed by atoms with Crippen molar-refractivity contribution in [2.45, 2.75) is 11.6 Å². The second kappa shape index (κ2) is 5.65. The molecule has 0 atom stereocenters. The molecule has 3 N–H and O–H groups in total. The van der Waals surface area contributed by atoms with E-state index in [-0.39, 0.29) is 10.6 Å². The number of anilines is 1. The number of hydrogen-bond acceptors (Lipinski definition) is 4. The van der Waals surface area contributed by atoms with Crippen molar-refractivity contribution in [1.82, 2.24) is 10.2 Å².